The minimum atomic E-state index is -0.770. The summed E-state index contributed by atoms with van der Waals surface area (Å²) < 4.78 is 6.39. The molecule has 1 saturated heterocycles. The van der Waals surface area contributed by atoms with Crippen molar-refractivity contribution >= 4 is 23.4 Å². The van der Waals surface area contributed by atoms with Gasteiger partial charge in [-0.3, -0.25) is 4.79 Å². The lowest BCUT2D eigenvalue weighted by Crippen LogP contribution is -2.51. The minimum Gasteiger partial charge on any atom is -0.481 e. The third kappa shape index (κ3) is 3.27. The van der Waals surface area contributed by atoms with Gasteiger partial charge in [0.2, 0.25) is 0 Å². The molecular formula is C25H30N2O3. The van der Waals surface area contributed by atoms with Crippen LogP contribution >= 0.6 is 0 Å². The van der Waals surface area contributed by atoms with E-state index in [4.69, 9.17) is 9.84 Å². The molecule has 2 aromatic rings. The van der Waals surface area contributed by atoms with E-state index in [2.05, 4.69) is 84.3 Å². The lowest BCUT2D eigenvalue weighted by atomic mass is 9.77. The summed E-state index contributed by atoms with van der Waals surface area (Å²) in [4.78, 5) is 15.4. The van der Waals surface area contributed by atoms with Crippen LogP contribution in [0.5, 0.6) is 0 Å². The highest BCUT2D eigenvalue weighted by Crippen LogP contribution is 2.54. The van der Waals surface area contributed by atoms with Crippen LogP contribution in [-0.2, 0) is 14.9 Å². The molecule has 0 radical (unpaired) electrons. The molecule has 158 valence electrons. The van der Waals surface area contributed by atoms with E-state index in [0.29, 0.717) is 6.54 Å². The van der Waals surface area contributed by atoms with Crippen molar-refractivity contribution < 1.29 is 14.6 Å². The zero-order valence-corrected chi connectivity index (χ0v) is 18.0. The lowest BCUT2D eigenvalue weighted by molar-refractivity contribution is -0.136. The first kappa shape index (κ1) is 20.5. The Balaban J connectivity index is 1.57. The molecule has 4 rings (SSSR count). The molecule has 2 heterocycles. The minimum absolute atomic E-state index is 0.140. The summed E-state index contributed by atoms with van der Waals surface area (Å²) in [6.45, 7) is 9.45. The number of rotatable bonds is 7. The zero-order chi connectivity index (χ0) is 21.4. The van der Waals surface area contributed by atoms with Gasteiger partial charge in [0.25, 0.3) is 0 Å². The number of anilines is 2. The van der Waals surface area contributed by atoms with Crippen molar-refractivity contribution in [1.82, 2.24) is 0 Å². The number of carboxylic acid groups (broad SMARTS) is 1. The van der Waals surface area contributed by atoms with Gasteiger partial charge >= 0.3 is 5.97 Å². The molecule has 2 aliphatic rings. The molecule has 2 aliphatic heterocycles. The van der Waals surface area contributed by atoms with E-state index in [-0.39, 0.29) is 11.8 Å². The molecule has 0 aliphatic carbocycles. The van der Waals surface area contributed by atoms with Crippen molar-refractivity contribution in [3.8, 4) is 0 Å². The second-order valence-corrected chi connectivity index (χ2v) is 8.49. The van der Waals surface area contributed by atoms with Gasteiger partial charge in [-0.05, 0) is 42.3 Å². The second-order valence-electron chi connectivity index (χ2n) is 8.49. The maximum atomic E-state index is 10.9. The summed E-state index contributed by atoms with van der Waals surface area (Å²) in [5, 5.41) is 8.95. The number of nitrogens with zero attached hydrogens (tertiary/aromatic N) is 2. The summed E-state index contributed by atoms with van der Waals surface area (Å²) in [7, 11) is 0. The lowest BCUT2D eigenvalue weighted by Gasteiger charge is -2.39. The fraction of sp³-hybridized carbons (Fsp3) is 0.400. The van der Waals surface area contributed by atoms with Crippen LogP contribution in [-0.4, -0.2) is 43.0 Å². The van der Waals surface area contributed by atoms with Crippen molar-refractivity contribution in [3.63, 3.8) is 0 Å². The number of hydrogen-bond donors (Lipinski definition) is 1. The van der Waals surface area contributed by atoms with E-state index in [1.165, 1.54) is 11.3 Å². The van der Waals surface area contributed by atoms with E-state index in [0.717, 1.165) is 30.9 Å². The van der Waals surface area contributed by atoms with Crippen LogP contribution in [0, 0.1) is 0 Å². The topological polar surface area (TPSA) is 53.0 Å². The molecule has 0 aromatic heterocycles. The average molecular weight is 407 g/mol. The predicted octanol–water partition coefficient (Wildman–Crippen LogP) is 4.53. The number of hydrogen-bond acceptors (Lipinski definition) is 4. The van der Waals surface area contributed by atoms with Crippen LogP contribution in [0.4, 0.5) is 11.4 Å². The van der Waals surface area contributed by atoms with Gasteiger partial charge in [-0.2, -0.15) is 0 Å². The molecule has 1 unspecified atom stereocenters. The first-order chi connectivity index (χ1) is 14.4. The number of fused-ring (bicyclic) bond motifs is 3. The monoisotopic (exact) mass is 406 g/mol. The summed E-state index contributed by atoms with van der Waals surface area (Å²) in [6, 6.07) is 16.9. The SMILES string of the molecule is CCN(CCC(=O)O)c1ccc(/C=C/C23OCCN2c2ccccc2C3(C)C)cc1. The van der Waals surface area contributed by atoms with E-state index >= 15 is 0 Å². The smallest absolute Gasteiger partial charge is 0.305 e. The maximum absolute atomic E-state index is 10.9. The molecule has 0 amide bonds. The molecular weight excluding hydrogens is 376 g/mol. The maximum Gasteiger partial charge on any atom is 0.305 e. The van der Waals surface area contributed by atoms with E-state index in [9.17, 15) is 4.79 Å². The van der Waals surface area contributed by atoms with Gasteiger partial charge < -0.3 is 19.6 Å². The standard InChI is InChI=1S/C25H30N2O3/c1-4-26(16-14-23(28)29)20-11-9-19(10-12-20)13-15-25-24(2,3)21-7-5-6-8-22(21)27(25)17-18-30-25/h5-13,15H,4,14,16-18H2,1-3H3,(H,28,29)/b15-13+. The molecule has 0 spiro atoms. The number of para-hydroxylation sites is 1. The fourth-order valence-electron chi connectivity index (χ4n) is 4.84. The van der Waals surface area contributed by atoms with Gasteiger partial charge in [-0.15, -0.1) is 0 Å². The van der Waals surface area contributed by atoms with Crippen molar-refractivity contribution in [2.24, 2.45) is 0 Å². The molecule has 30 heavy (non-hydrogen) atoms. The fourth-order valence-corrected chi connectivity index (χ4v) is 4.84. The summed E-state index contributed by atoms with van der Waals surface area (Å²) in [5.74, 6) is -0.770. The number of aliphatic carboxylic acids is 1. The molecule has 5 nitrogen and oxygen atoms in total. The van der Waals surface area contributed by atoms with Crippen molar-refractivity contribution in [1.29, 1.82) is 0 Å². The Labute approximate surface area is 178 Å². The van der Waals surface area contributed by atoms with Gasteiger partial charge in [-0.1, -0.05) is 50.3 Å². The highest BCUT2D eigenvalue weighted by atomic mass is 16.5. The summed E-state index contributed by atoms with van der Waals surface area (Å²) >= 11 is 0. The highest BCUT2D eigenvalue weighted by molar-refractivity contribution is 5.70. The Morgan fingerprint density at radius 2 is 1.93 bits per heavy atom. The first-order valence-corrected chi connectivity index (χ1v) is 10.7. The van der Waals surface area contributed by atoms with Gasteiger partial charge in [0.05, 0.1) is 13.0 Å². The molecule has 0 bridgehead atoms. The first-order valence-electron chi connectivity index (χ1n) is 10.7. The van der Waals surface area contributed by atoms with Gasteiger partial charge in [0.1, 0.15) is 0 Å². The summed E-state index contributed by atoms with van der Waals surface area (Å²) in [6.07, 6.45) is 4.49. The number of carbonyl (C=O) groups is 1. The quantitative estimate of drug-likeness (QED) is 0.732. The van der Waals surface area contributed by atoms with Crippen LogP contribution in [0.25, 0.3) is 6.08 Å². The Morgan fingerprint density at radius 3 is 2.63 bits per heavy atom. The Bertz CT molecular complexity index is 951. The van der Waals surface area contributed by atoms with Gasteiger partial charge in [-0.25, -0.2) is 0 Å². The van der Waals surface area contributed by atoms with E-state index in [1.54, 1.807) is 0 Å². The number of ether oxygens (including phenoxy) is 1. The van der Waals surface area contributed by atoms with Crippen LogP contribution in [0.2, 0.25) is 0 Å². The molecule has 1 fully saturated rings. The van der Waals surface area contributed by atoms with Crippen molar-refractivity contribution in [2.75, 3.05) is 36.0 Å². The molecule has 1 N–H and O–H groups in total. The van der Waals surface area contributed by atoms with E-state index in [1.807, 2.05) is 6.92 Å². The molecule has 2 aromatic carbocycles. The second kappa shape index (κ2) is 7.80. The average Bonchev–Trinajstić information content (AvgIpc) is 3.25. The van der Waals surface area contributed by atoms with Gasteiger partial charge in [0, 0.05) is 36.4 Å². The molecule has 1 atom stereocenters. The summed E-state index contributed by atoms with van der Waals surface area (Å²) in [5.41, 5.74) is 4.09. The molecule has 5 heteroatoms. The van der Waals surface area contributed by atoms with Crippen molar-refractivity contribution in [3.05, 3.63) is 65.7 Å². The van der Waals surface area contributed by atoms with Crippen LogP contribution in [0.15, 0.2) is 54.6 Å². The van der Waals surface area contributed by atoms with Crippen molar-refractivity contribution in [2.45, 2.75) is 38.3 Å². The molecule has 0 saturated carbocycles. The van der Waals surface area contributed by atoms with Crippen LogP contribution in [0.1, 0.15) is 38.3 Å². The Hall–Kier alpha value is -2.79. The predicted molar refractivity (Wildman–Crippen MR) is 121 cm³/mol. The van der Waals surface area contributed by atoms with Crippen LogP contribution < -0.4 is 9.80 Å². The number of carboxylic acids is 1. The zero-order valence-electron chi connectivity index (χ0n) is 18.0. The van der Waals surface area contributed by atoms with Crippen LogP contribution in [0.3, 0.4) is 0 Å². The van der Waals surface area contributed by atoms with E-state index < -0.39 is 11.7 Å². The third-order valence-electron chi connectivity index (χ3n) is 6.54. The third-order valence-corrected chi connectivity index (χ3v) is 6.54. The van der Waals surface area contributed by atoms with Gasteiger partial charge in [0.15, 0.2) is 5.72 Å². The largest absolute Gasteiger partial charge is 0.481 e. The number of benzene rings is 2. The normalized spacial score (nSPS) is 21.6. The Morgan fingerprint density at radius 1 is 1.20 bits per heavy atom. The highest BCUT2D eigenvalue weighted by Gasteiger charge is 2.58. The Kier molecular flexibility index (Phi) is 5.33.